The van der Waals surface area contributed by atoms with E-state index < -0.39 is 14.1 Å². The maximum Gasteiger partial charge on any atom is 0.230 e. The van der Waals surface area contributed by atoms with Gasteiger partial charge in [0.1, 0.15) is 13.7 Å². The number of carbonyl (C=O) groups excluding carboxylic acids is 1. The number of halogens is 1. The van der Waals surface area contributed by atoms with Gasteiger partial charge in [-0.15, -0.1) is 0 Å². The van der Waals surface area contributed by atoms with Crippen molar-refractivity contribution in [1.29, 1.82) is 0 Å². The Labute approximate surface area is 134 Å². The molecule has 2 radical (unpaired) electrons. The van der Waals surface area contributed by atoms with Crippen molar-refractivity contribution in [2.75, 3.05) is 11.4 Å². The molecule has 0 spiro atoms. The van der Waals surface area contributed by atoms with E-state index in [9.17, 15) is 14.0 Å². The molecule has 1 amide bonds. The van der Waals surface area contributed by atoms with E-state index >= 15 is 0 Å². The molecule has 1 aromatic carbocycles. The van der Waals surface area contributed by atoms with Gasteiger partial charge in [0.2, 0.25) is 5.91 Å². The zero-order valence-electron chi connectivity index (χ0n) is 13.7. The van der Waals surface area contributed by atoms with Crippen LogP contribution in [0.3, 0.4) is 0 Å². The van der Waals surface area contributed by atoms with Crippen LogP contribution < -0.4 is 10.4 Å². The van der Waals surface area contributed by atoms with Crippen molar-refractivity contribution in [1.82, 2.24) is 0 Å². The smallest absolute Gasteiger partial charge is 0.230 e. The van der Waals surface area contributed by atoms with Crippen molar-refractivity contribution in [2.45, 2.75) is 44.8 Å². The first kappa shape index (κ1) is 17.2. The lowest BCUT2D eigenvalue weighted by Gasteiger charge is -2.36. The highest BCUT2D eigenvalue weighted by molar-refractivity contribution is 6.72. The molecule has 0 bridgehead atoms. The summed E-state index contributed by atoms with van der Waals surface area (Å²) >= 11 is 0. The Kier molecular flexibility index (Phi) is 4.55. The second kappa shape index (κ2) is 5.81. The molecular weight excluding hydrogens is 296 g/mol. The van der Waals surface area contributed by atoms with Crippen LogP contribution in [0.15, 0.2) is 18.2 Å². The molecule has 0 saturated carbocycles. The van der Waals surface area contributed by atoms with Crippen molar-refractivity contribution < 1.29 is 14.0 Å². The highest BCUT2D eigenvalue weighted by Crippen LogP contribution is 2.44. The van der Waals surface area contributed by atoms with Crippen LogP contribution in [0.25, 0.3) is 0 Å². The van der Waals surface area contributed by atoms with E-state index in [4.69, 9.17) is 7.85 Å². The second-order valence-corrected chi connectivity index (χ2v) is 11.8. The standard InChI is InChI=1S/C16H23BFNO2Si/c1-16(2,22(3,4)21)10-11-7-8-19(15(11)20)14-6-5-12(17)9-13(14)18/h5-6,9,11,21H,7-8,10H2,1-4H3/t11-/m0/s1. The molecule has 0 unspecified atom stereocenters. The number of anilines is 1. The van der Waals surface area contributed by atoms with Crippen molar-refractivity contribution in [3.63, 3.8) is 0 Å². The lowest BCUT2D eigenvalue weighted by Crippen LogP contribution is -2.41. The van der Waals surface area contributed by atoms with Crippen molar-refractivity contribution in [2.24, 2.45) is 5.92 Å². The highest BCUT2D eigenvalue weighted by Gasteiger charge is 2.44. The molecule has 1 fully saturated rings. The summed E-state index contributed by atoms with van der Waals surface area (Å²) in [5.41, 5.74) is 0.638. The number of hydrogen-bond donors (Lipinski definition) is 1. The summed E-state index contributed by atoms with van der Waals surface area (Å²) < 4.78 is 14.0. The van der Waals surface area contributed by atoms with Gasteiger partial charge in [-0.3, -0.25) is 4.79 Å². The highest BCUT2D eigenvalue weighted by atomic mass is 28.4. The van der Waals surface area contributed by atoms with Gasteiger partial charge in [0.15, 0.2) is 8.32 Å². The van der Waals surface area contributed by atoms with Crippen LogP contribution in [-0.2, 0) is 4.79 Å². The third-order valence-electron chi connectivity index (χ3n) is 4.99. The number of nitrogens with zero attached hydrogens (tertiary/aromatic N) is 1. The van der Waals surface area contributed by atoms with Gasteiger partial charge in [0.25, 0.3) is 0 Å². The minimum absolute atomic E-state index is 0.0602. The van der Waals surface area contributed by atoms with Gasteiger partial charge < -0.3 is 9.70 Å². The van der Waals surface area contributed by atoms with Gasteiger partial charge in [0, 0.05) is 12.5 Å². The molecular formula is C16H23BFNO2Si. The van der Waals surface area contributed by atoms with E-state index in [0.29, 0.717) is 30.5 Å². The Balaban J connectivity index is 2.17. The van der Waals surface area contributed by atoms with Crippen molar-refractivity contribution in [3.05, 3.63) is 24.0 Å². The number of carbonyl (C=O) groups is 1. The van der Waals surface area contributed by atoms with Crippen LogP contribution in [0.4, 0.5) is 10.1 Å². The topological polar surface area (TPSA) is 40.5 Å². The van der Waals surface area contributed by atoms with E-state index in [1.807, 2.05) is 26.9 Å². The summed E-state index contributed by atoms with van der Waals surface area (Å²) in [5, 5.41) is -0.261. The quantitative estimate of drug-likeness (QED) is 0.866. The molecule has 1 N–H and O–H groups in total. The van der Waals surface area contributed by atoms with Gasteiger partial charge in [-0.05, 0) is 43.1 Å². The number of rotatable bonds is 4. The summed E-state index contributed by atoms with van der Waals surface area (Å²) in [4.78, 5) is 24.5. The van der Waals surface area contributed by atoms with Gasteiger partial charge in [-0.2, -0.15) is 0 Å². The molecule has 22 heavy (non-hydrogen) atoms. The summed E-state index contributed by atoms with van der Waals surface area (Å²) in [6.45, 7) is 8.32. The lowest BCUT2D eigenvalue weighted by molar-refractivity contribution is -0.120. The Morgan fingerprint density at radius 1 is 1.45 bits per heavy atom. The molecule has 1 heterocycles. The predicted molar refractivity (Wildman–Crippen MR) is 90.6 cm³/mol. The fraction of sp³-hybridized carbons (Fsp3) is 0.562. The number of benzene rings is 1. The molecule has 1 aliphatic rings. The third kappa shape index (κ3) is 3.28. The average molecular weight is 319 g/mol. The third-order valence-corrected chi connectivity index (χ3v) is 8.51. The van der Waals surface area contributed by atoms with Crippen LogP contribution in [0.5, 0.6) is 0 Å². The first-order valence-corrected chi connectivity index (χ1v) is 10.6. The fourth-order valence-corrected chi connectivity index (χ4v) is 3.52. The maximum absolute atomic E-state index is 14.0. The zero-order valence-corrected chi connectivity index (χ0v) is 14.7. The maximum atomic E-state index is 14.0. The van der Waals surface area contributed by atoms with Crippen LogP contribution in [0, 0.1) is 11.7 Å². The lowest BCUT2D eigenvalue weighted by atomic mass is 9.94. The molecule has 1 saturated heterocycles. The minimum Gasteiger partial charge on any atom is -0.432 e. The fourth-order valence-electron chi connectivity index (χ4n) is 2.78. The normalized spacial score (nSPS) is 19.8. The molecule has 2 rings (SSSR count). The average Bonchev–Trinajstić information content (AvgIpc) is 2.69. The van der Waals surface area contributed by atoms with Gasteiger partial charge in [-0.25, -0.2) is 4.39 Å². The van der Waals surface area contributed by atoms with Gasteiger partial charge in [0.05, 0.1) is 5.69 Å². The summed E-state index contributed by atoms with van der Waals surface area (Å²) in [6.07, 6.45) is 1.32. The van der Waals surface area contributed by atoms with Crippen molar-refractivity contribution in [3.8, 4) is 0 Å². The van der Waals surface area contributed by atoms with Gasteiger partial charge >= 0.3 is 0 Å². The van der Waals surface area contributed by atoms with Crippen LogP contribution in [0.1, 0.15) is 26.7 Å². The molecule has 1 aromatic rings. The molecule has 3 nitrogen and oxygen atoms in total. The van der Waals surface area contributed by atoms with E-state index in [0.717, 1.165) is 0 Å². The summed E-state index contributed by atoms with van der Waals surface area (Å²) in [7, 11) is 3.19. The number of hydrogen-bond acceptors (Lipinski definition) is 2. The summed E-state index contributed by atoms with van der Waals surface area (Å²) in [5.74, 6) is -0.689. The molecule has 0 aliphatic carbocycles. The largest absolute Gasteiger partial charge is 0.432 e. The summed E-state index contributed by atoms with van der Waals surface area (Å²) in [6, 6.07) is 4.40. The van der Waals surface area contributed by atoms with Crippen molar-refractivity contribution >= 4 is 33.2 Å². The van der Waals surface area contributed by atoms with Crippen LogP contribution in [0.2, 0.25) is 18.1 Å². The Morgan fingerprint density at radius 2 is 2.09 bits per heavy atom. The Hall–Kier alpha value is -1.14. The first-order valence-electron chi connectivity index (χ1n) is 7.62. The van der Waals surface area contributed by atoms with Gasteiger partial charge in [-0.1, -0.05) is 25.4 Å². The molecule has 1 atom stereocenters. The van der Waals surface area contributed by atoms with E-state index in [1.54, 1.807) is 12.1 Å². The molecule has 6 heteroatoms. The Bertz CT molecular complexity index is 586. The first-order chi connectivity index (χ1) is 10.0. The monoisotopic (exact) mass is 319 g/mol. The van der Waals surface area contributed by atoms with E-state index in [2.05, 4.69) is 0 Å². The van der Waals surface area contributed by atoms with E-state index in [1.165, 1.54) is 11.0 Å². The molecule has 0 aromatic heterocycles. The zero-order chi connectivity index (χ0) is 16.7. The van der Waals surface area contributed by atoms with Crippen LogP contribution in [-0.4, -0.2) is 33.4 Å². The predicted octanol–water partition coefficient (Wildman–Crippen LogP) is 2.34. The second-order valence-electron chi connectivity index (χ2n) is 7.33. The van der Waals surface area contributed by atoms with Crippen LogP contribution >= 0.6 is 0 Å². The number of amides is 1. The SMILES string of the molecule is [B]c1ccc(N2CC[C@@H](CC(C)(C)[Si](C)(C)O)C2=O)c(F)c1. The minimum atomic E-state index is -2.36. The Morgan fingerprint density at radius 3 is 2.64 bits per heavy atom. The van der Waals surface area contributed by atoms with E-state index in [-0.39, 0.29) is 16.9 Å². The molecule has 118 valence electrons. The molecule has 1 aliphatic heterocycles.